The van der Waals surface area contributed by atoms with Crippen LogP contribution in [-0.2, 0) is 6.54 Å². The van der Waals surface area contributed by atoms with Crippen LogP contribution in [0.25, 0.3) is 22.2 Å². The second kappa shape index (κ2) is 7.58. The number of aromatic amines is 1. The van der Waals surface area contributed by atoms with Gasteiger partial charge in [-0.2, -0.15) is 4.98 Å². The number of aromatic carboxylic acids is 1. The van der Waals surface area contributed by atoms with E-state index in [1.54, 1.807) is 25.1 Å². The molecule has 0 saturated heterocycles. The molecule has 0 fully saturated rings. The number of hydrogen-bond donors (Lipinski definition) is 3. The highest BCUT2D eigenvalue weighted by Gasteiger charge is 2.13. The summed E-state index contributed by atoms with van der Waals surface area (Å²) >= 11 is 6.48. The van der Waals surface area contributed by atoms with Crippen molar-refractivity contribution in [3.63, 3.8) is 0 Å². The predicted octanol–water partition coefficient (Wildman–Crippen LogP) is 5.14. The van der Waals surface area contributed by atoms with Crippen LogP contribution in [0.2, 0.25) is 5.02 Å². The number of ether oxygens (including phenoxy) is 1. The number of carboxylic acid groups (broad SMARTS) is 1. The third kappa shape index (κ3) is 3.81. The van der Waals surface area contributed by atoms with E-state index in [1.807, 2.05) is 30.3 Å². The van der Waals surface area contributed by atoms with Crippen molar-refractivity contribution in [3.05, 3.63) is 76.3 Å². The predicted molar refractivity (Wildman–Crippen MR) is 113 cm³/mol. The zero-order valence-electron chi connectivity index (χ0n) is 15.6. The number of aromatic nitrogens is 2. The maximum Gasteiger partial charge on any atom is 0.336 e. The summed E-state index contributed by atoms with van der Waals surface area (Å²) in [5.74, 6) is -0.620. The molecule has 6 nitrogen and oxygen atoms in total. The first kappa shape index (κ1) is 19.0. The van der Waals surface area contributed by atoms with Crippen LogP contribution in [-0.4, -0.2) is 21.0 Å². The number of carboxylic acids is 1. The van der Waals surface area contributed by atoms with E-state index in [0.717, 1.165) is 22.2 Å². The van der Waals surface area contributed by atoms with Crippen molar-refractivity contribution in [2.75, 3.05) is 0 Å². The van der Waals surface area contributed by atoms with Gasteiger partial charge in [0.05, 0.1) is 21.6 Å². The molecule has 146 valence electrons. The van der Waals surface area contributed by atoms with Gasteiger partial charge in [0.1, 0.15) is 5.75 Å². The lowest BCUT2D eigenvalue weighted by molar-refractivity contribution is 0.0695. The topological polar surface area (TPSA) is 101 Å². The van der Waals surface area contributed by atoms with Crippen molar-refractivity contribution in [1.29, 1.82) is 0 Å². The van der Waals surface area contributed by atoms with Crippen molar-refractivity contribution in [2.24, 2.45) is 5.73 Å². The summed E-state index contributed by atoms with van der Waals surface area (Å²) in [5, 5.41) is 9.85. The number of carbonyl (C=O) groups is 1. The van der Waals surface area contributed by atoms with E-state index in [-0.39, 0.29) is 11.6 Å². The van der Waals surface area contributed by atoms with Crippen LogP contribution in [0.3, 0.4) is 0 Å². The summed E-state index contributed by atoms with van der Waals surface area (Å²) in [4.78, 5) is 18.8. The monoisotopic (exact) mass is 407 g/mol. The molecule has 29 heavy (non-hydrogen) atoms. The summed E-state index contributed by atoms with van der Waals surface area (Å²) in [5.41, 5.74) is 10.8. The van der Waals surface area contributed by atoms with Crippen LogP contribution >= 0.6 is 11.6 Å². The highest BCUT2D eigenvalue weighted by atomic mass is 35.5. The fraction of sp³-hybridized carbons (Fsp3) is 0.0909. The number of rotatable bonds is 5. The first-order chi connectivity index (χ1) is 13.9. The minimum atomic E-state index is -1.00. The lowest BCUT2D eigenvalue weighted by Crippen LogP contribution is -2.00. The molecule has 0 atom stereocenters. The van der Waals surface area contributed by atoms with E-state index in [0.29, 0.717) is 28.4 Å². The minimum Gasteiger partial charge on any atom is -0.478 e. The highest BCUT2D eigenvalue weighted by molar-refractivity contribution is 6.34. The molecule has 0 unspecified atom stereocenters. The van der Waals surface area contributed by atoms with Gasteiger partial charge in [-0.15, -0.1) is 0 Å². The van der Waals surface area contributed by atoms with E-state index in [9.17, 15) is 9.90 Å². The summed E-state index contributed by atoms with van der Waals surface area (Å²) < 4.78 is 5.74. The Balaban J connectivity index is 1.68. The minimum absolute atomic E-state index is 0.185. The smallest absolute Gasteiger partial charge is 0.336 e. The van der Waals surface area contributed by atoms with E-state index in [1.165, 1.54) is 6.07 Å². The number of imidazole rings is 1. The van der Waals surface area contributed by atoms with Crippen LogP contribution in [0.15, 0.2) is 54.6 Å². The summed E-state index contributed by atoms with van der Waals surface area (Å²) in [7, 11) is 0. The van der Waals surface area contributed by atoms with Gasteiger partial charge in [0.25, 0.3) is 6.01 Å². The fourth-order valence-corrected chi connectivity index (χ4v) is 3.38. The molecule has 0 bridgehead atoms. The Morgan fingerprint density at radius 1 is 1.17 bits per heavy atom. The van der Waals surface area contributed by atoms with Gasteiger partial charge in [-0.25, -0.2) is 4.79 Å². The molecule has 0 aliphatic carbocycles. The number of aryl methyl sites for hydroxylation is 1. The van der Waals surface area contributed by atoms with E-state index in [2.05, 4.69) is 9.97 Å². The Labute approximate surface area is 171 Å². The van der Waals surface area contributed by atoms with Gasteiger partial charge in [0.2, 0.25) is 0 Å². The third-order valence-corrected chi connectivity index (χ3v) is 5.02. The Bertz CT molecular complexity index is 1220. The molecule has 1 heterocycles. The Morgan fingerprint density at radius 2 is 1.93 bits per heavy atom. The first-order valence-electron chi connectivity index (χ1n) is 8.95. The number of nitrogens with zero attached hydrogens (tertiary/aromatic N) is 1. The highest BCUT2D eigenvalue weighted by Crippen LogP contribution is 2.33. The number of halogens is 1. The van der Waals surface area contributed by atoms with Crippen LogP contribution in [0.5, 0.6) is 11.8 Å². The molecule has 4 N–H and O–H groups in total. The number of nitrogens with two attached hydrogens (primary N) is 1. The van der Waals surface area contributed by atoms with E-state index in [4.69, 9.17) is 22.1 Å². The summed E-state index contributed by atoms with van der Waals surface area (Å²) in [6, 6.07) is 16.7. The number of fused-ring (bicyclic) bond motifs is 1. The fourth-order valence-electron chi connectivity index (χ4n) is 3.10. The average molecular weight is 408 g/mol. The molecule has 1 aromatic heterocycles. The number of hydrogen-bond acceptors (Lipinski definition) is 4. The van der Waals surface area contributed by atoms with Crippen LogP contribution in [0, 0.1) is 6.92 Å². The van der Waals surface area contributed by atoms with Gasteiger partial charge < -0.3 is 20.6 Å². The Kier molecular flexibility index (Phi) is 4.96. The van der Waals surface area contributed by atoms with Gasteiger partial charge in [0.15, 0.2) is 0 Å². The lowest BCUT2D eigenvalue weighted by Gasteiger charge is -2.05. The number of nitrogens with one attached hydrogen (secondary N) is 1. The van der Waals surface area contributed by atoms with Crippen LogP contribution < -0.4 is 10.5 Å². The molecule has 0 aliphatic heterocycles. The number of benzene rings is 3. The van der Waals surface area contributed by atoms with Crippen molar-refractivity contribution < 1.29 is 14.6 Å². The molecule has 0 radical (unpaired) electrons. The molecule has 4 rings (SSSR count). The second-order valence-corrected chi connectivity index (χ2v) is 7.08. The van der Waals surface area contributed by atoms with Crippen molar-refractivity contribution in [2.45, 2.75) is 13.5 Å². The van der Waals surface area contributed by atoms with E-state index < -0.39 is 5.97 Å². The molecule has 3 aromatic carbocycles. The standard InChI is InChI=1S/C22H18ClN3O3/c1-12-2-7-15(8-16(12)21(27)28)29-22-25-19-9-17(18(23)10-20(19)26-22)14-5-3-13(11-24)4-6-14/h2-10H,11,24H2,1H3,(H,25,26)(H,27,28). The maximum atomic E-state index is 11.3. The zero-order chi connectivity index (χ0) is 20.5. The van der Waals surface area contributed by atoms with Crippen LogP contribution in [0.4, 0.5) is 0 Å². The SMILES string of the molecule is Cc1ccc(Oc2nc3cc(-c4ccc(CN)cc4)c(Cl)cc3[nH]2)cc1C(=O)O. The van der Waals surface area contributed by atoms with Gasteiger partial charge in [0, 0.05) is 12.1 Å². The average Bonchev–Trinajstić information content (AvgIpc) is 3.09. The first-order valence-corrected chi connectivity index (χ1v) is 9.33. The zero-order valence-corrected chi connectivity index (χ0v) is 16.3. The van der Waals surface area contributed by atoms with Gasteiger partial charge in [-0.1, -0.05) is 41.9 Å². The van der Waals surface area contributed by atoms with Gasteiger partial charge >= 0.3 is 5.97 Å². The number of H-pyrrole nitrogens is 1. The largest absolute Gasteiger partial charge is 0.478 e. The normalized spacial score (nSPS) is 11.0. The van der Waals surface area contributed by atoms with Crippen LogP contribution in [0.1, 0.15) is 21.5 Å². The molecule has 7 heteroatoms. The van der Waals surface area contributed by atoms with Crippen molar-refractivity contribution in [3.8, 4) is 22.9 Å². The molecular weight excluding hydrogens is 390 g/mol. The molecule has 0 aliphatic rings. The van der Waals surface area contributed by atoms with Gasteiger partial charge in [-0.05, 0) is 47.9 Å². The molecule has 0 spiro atoms. The molecule has 4 aromatic rings. The maximum absolute atomic E-state index is 11.3. The summed E-state index contributed by atoms with van der Waals surface area (Å²) in [6.07, 6.45) is 0. The third-order valence-electron chi connectivity index (χ3n) is 4.70. The van der Waals surface area contributed by atoms with Crippen molar-refractivity contribution in [1.82, 2.24) is 9.97 Å². The Hall–Kier alpha value is -3.35. The van der Waals surface area contributed by atoms with Crippen molar-refractivity contribution >= 4 is 28.6 Å². The molecular formula is C22H18ClN3O3. The summed E-state index contributed by atoms with van der Waals surface area (Å²) in [6.45, 7) is 2.22. The molecule has 0 saturated carbocycles. The second-order valence-electron chi connectivity index (χ2n) is 6.68. The quantitative estimate of drug-likeness (QED) is 0.425. The molecule has 0 amide bonds. The lowest BCUT2D eigenvalue weighted by atomic mass is 10.0. The van der Waals surface area contributed by atoms with E-state index >= 15 is 0 Å². The van der Waals surface area contributed by atoms with Gasteiger partial charge in [-0.3, -0.25) is 0 Å². The Morgan fingerprint density at radius 3 is 2.62 bits per heavy atom.